The minimum atomic E-state index is -0.731. The molecule has 16 heavy (non-hydrogen) atoms. The summed E-state index contributed by atoms with van der Waals surface area (Å²) >= 11 is 0. The van der Waals surface area contributed by atoms with E-state index in [2.05, 4.69) is 0 Å². The smallest absolute Gasteiger partial charge is 0.321 e. The van der Waals surface area contributed by atoms with E-state index >= 15 is 0 Å². The van der Waals surface area contributed by atoms with E-state index in [1.54, 1.807) is 13.0 Å². The van der Waals surface area contributed by atoms with Crippen molar-refractivity contribution in [2.75, 3.05) is 6.54 Å². The number of urea groups is 1. The minimum Gasteiger partial charge on any atom is -0.351 e. The Hall–Kier alpha value is -2.10. The van der Waals surface area contributed by atoms with E-state index in [4.69, 9.17) is 5.73 Å². The highest BCUT2D eigenvalue weighted by molar-refractivity contribution is 6.01. The fourth-order valence-corrected chi connectivity index (χ4v) is 1.24. The maximum absolute atomic E-state index is 11.5. The molecule has 0 aliphatic carbocycles. The zero-order valence-electron chi connectivity index (χ0n) is 9.09. The van der Waals surface area contributed by atoms with Crippen molar-refractivity contribution in [2.24, 2.45) is 5.73 Å². The lowest BCUT2D eigenvalue weighted by Crippen LogP contribution is -2.39. The summed E-state index contributed by atoms with van der Waals surface area (Å²) < 4.78 is 0. The van der Waals surface area contributed by atoms with Crippen molar-refractivity contribution in [3.8, 4) is 0 Å². The summed E-state index contributed by atoms with van der Waals surface area (Å²) in [7, 11) is 0. The average molecular weight is 218 g/mol. The summed E-state index contributed by atoms with van der Waals surface area (Å²) in [4.78, 5) is 23.4. The van der Waals surface area contributed by atoms with Crippen molar-refractivity contribution < 1.29 is 9.59 Å². The van der Waals surface area contributed by atoms with Gasteiger partial charge in [-0.05, 0) is 18.6 Å². The van der Waals surface area contributed by atoms with Gasteiger partial charge in [-0.1, -0.05) is 30.3 Å². The molecule has 1 aromatic carbocycles. The summed E-state index contributed by atoms with van der Waals surface area (Å²) in [5.74, 6) is -0.404. The molecule has 1 rings (SSSR count). The van der Waals surface area contributed by atoms with E-state index in [-0.39, 0.29) is 6.54 Å². The summed E-state index contributed by atoms with van der Waals surface area (Å²) in [5.41, 5.74) is 5.95. The number of rotatable bonds is 3. The van der Waals surface area contributed by atoms with Gasteiger partial charge in [-0.2, -0.15) is 0 Å². The number of imide groups is 1. The maximum atomic E-state index is 11.5. The Morgan fingerprint density at radius 3 is 2.44 bits per heavy atom. The molecule has 0 aromatic heterocycles. The average Bonchev–Trinajstić information content (AvgIpc) is 2.28. The number of carbonyl (C=O) groups excluding carboxylic acids is 2. The van der Waals surface area contributed by atoms with Gasteiger partial charge in [0.2, 0.25) is 0 Å². The molecular weight excluding hydrogens is 204 g/mol. The van der Waals surface area contributed by atoms with Gasteiger partial charge < -0.3 is 5.73 Å². The van der Waals surface area contributed by atoms with Crippen LogP contribution in [0.4, 0.5) is 4.79 Å². The number of hydrogen-bond donors (Lipinski definition) is 1. The van der Waals surface area contributed by atoms with Crippen LogP contribution in [0.2, 0.25) is 0 Å². The van der Waals surface area contributed by atoms with Crippen LogP contribution < -0.4 is 5.73 Å². The van der Waals surface area contributed by atoms with Crippen LogP contribution in [-0.4, -0.2) is 23.4 Å². The number of benzene rings is 1. The van der Waals surface area contributed by atoms with Crippen molar-refractivity contribution in [1.29, 1.82) is 0 Å². The van der Waals surface area contributed by atoms with E-state index in [9.17, 15) is 9.59 Å². The van der Waals surface area contributed by atoms with Crippen LogP contribution in [0.15, 0.2) is 36.4 Å². The van der Waals surface area contributed by atoms with Gasteiger partial charge >= 0.3 is 6.03 Å². The summed E-state index contributed by atoms with van der Waals surface area (Å²) in [5, 5.41) is 0. The van der Waals surface area contributed by atoms with Crippen LogP contribution in [0.1, 0.15) is 12.5 Å². The second kappa shape index (κ2) is 5.70. The lowest BCUT2D eigenvalue weighted by molar-refractivity contribution is -0.122. The van der Waals surface area contributed by atoms with E-state index < -0.39 is 11.9 Å². The van der Waals surface area contributed by atoms with E-state index in [0.29, 0.717) is 0 Å². The van der Waals surface area contributed by atoms with Crippen LogP contribution in [0.5, 0.6) is 0 Å². The first-order valence-corrected chi connectivity index (χ1v) is 4.99. The van der Waals surface area contributed by atoms with Crippen LogP contribution in [0.25, 0.3) is 6.08 Å². The number of nitrogens with two attached hydrogens (primary N) is 1. The van der Waals surface area contributed by atoms with E-state index in [1.807, 2.05) is 30.3 Å². The number of carbonyl (C=O) groups is 2. The molecule has 4 heteroatoms. The Morgan fingerprint density at radius 2 is 1.94 bits per heavy atom. The first-order valence-electron chi connectivity index (χ1n) is 4.99. The Labute approximate surface area is 94.4 Å². The highest BCUT2D eigenvalue weighted by atomic mass is 16.2. The molecule has 0 spiro atoms. The molecule has 84 valence electrons. The van der Waals surface area contributed by atoms with Crippen LogP contribution in [0.3, 0.4) is 0 Å². The minimum absolute atomic E-state index is 0.271. The lowest BCUT2D eigenvalue weighted by Gasteiger charge is -2.13. The third kappa shape index (κ3) is 3.24. The molecule has 0 saturated carbocycles. The predicted molar refractivity (Wildman–Crippen MR) is 62.4 cm³/mol. The van der Waals surface area contributed by atoms with Crippen molar-refractivity contribution in [2.45, 2.75) is 6.92 Å². The van der Waals surface area contributed by atoms with Crippen molar-refractivity contribution in [3.05, 3.63) is 42.0 Å². The summed E-state index contributed by atoms with van der Waals surface area (Å²) in [6.45, 7) is 1.96. The van der Waals surface area contributed by atoms with Gasteiger partial charge in [0.25, 0.3) is 5.91 Å². The second-order valence-electron chi connectivity index (χ2n) is 3.16. The van der Waals surface area contributed by atoms with Crippen LogP contribution in [-0.2, 0) is 4.79 Å². The predicted octanol–water partition coefficient (Wildman–Crippen LogP) is 1.63. The first-order chi connectivity index (χ1) is 7.65. The monoisotopic (exact) mass is 218 g/mol. The Kier molecular flexibility index (Phi) is 4.27. The fourth-order valence-electron chi connectivity index (χ4n) is 1.24. The van der Waals surface area contributed by atoms with Crippen molar-refractivity contribution in [3.63, 3.8) is 0 Å². The molecule has 0 unspecified atom stereocenters. The molecule has 3 amide bonds. The molecule has 0 aliphatic rings. The van der Waals surface area contributed by atoms with Gasteiger partial charge in [0, 0.05) is 12.6 Å². The molecule has 0 saturated heterocycles. The first kappa shape index (κ1) is 12.0. The largest absolute Gasteiger partial charge is 0.351 e. The molecule has 2 N–H and O–H groups in total. The third-order valence-corrected chi connectivity index (χ3v) is 2.07. The summed E-state index contributed by atoms with van der Waals surface area (Å²) in [6, 6.07) is 8.63. The molecule has 0 bridgehead atoms. The van der Waals surface area contributed by atoms with Gasteiger partial charge in [-0.15, -0.1) is 0 Å². The van der Waals surface area contributed by atoms with Crippen molar-refractivity contribution in [1.82, 2.24) is 4.90 Å². The molecule has 0 aliphatic heterocycles. The van der Waals surface area contributed by atoms with Crippen LogP contribution in [0, 0.1) is 0 Å². The molecule has 4 nitrogen and oxygen atoms in total. The Bertz CT molecular complexity index is 399. The topological polar surface area (TPSA) is 63.4 Å². The summed E-state index contributed by atoms with van der Waals surface area (Å²) in [6.07, 6.45) is 2.98. The number of hydrogen-bond acceptors (Lipinski definition) is 2. The Morgan fingerprint density at radius 1 is 1.31 bits per heavy atom. The standard InChI is InChI=1S/C12H14N2O2/c1-2-14(12(13)16)11(15)9-8-10-6-4-3-5-7-10/h3-9H,2H2,1H3,(H2,13,16). The number of nitrogens with zero attached hydrogens (tertiary/aromatic N) is 1. The van der Waals surface area contributed by atoms with Gasteiger partial charge in [0.15, 0.2) is 0 Å². The second-order valence-corrected chi connectivity index (χ2v) is 3.16. The molecule has 0 fully saturated rings. The molecule has 0 atom stereocenters. The van der Waals surface area contributed by atoms with Gasteiger partial charge in [-0.25, -0.2) is 4.79 Å². The normalized spacial score (nSPS) is 10.3. The van der Waals surface area contributed by atoms with Gasteiger partial charge in [0.1, 0.15) is 0 Å². The highest BCUT2D eigenvalue weighted by Gasteiger charge is 2.12. The maximum Gasteiger partial charge on any atom is 0.321 e. The molecule has 0 radical (unpaired) electrons. The Balaban J connectivity index is 2.71. The van der Waals surface area contributed by atoms with Gasteiger partial charge in [0.05, 0.1) is 0 Å². The number of amides is 3. The number of likely N-dealkylation sites (N-methyl/N-ethyl adjacent to an activating group) is 1. The SMILES string of the molecule is CCN(C(N)=O)C(=O)C=Cc1ccccc1. The fraction of sp³-hybridized carbons (Fsp3) is 0.167. The van der Waals surface area contributed by atoms with Gasteiger partial charge in [-0.3, -0.25) is 9.69 Å². The zero-order chi connectivity index (χ0) is 12.0. The molecule has 0 heterocycles. The van der Waals surface area contributed by atoms with Crippen LogP contribution >= 0.6 is 0 Å². The number of primary amides is 1. The molecular formula is C12H14N2O2. The lowest BCUT2D eigenvalue weighted by atomic mass is 10.2. The van der Waals surface area contributed by atoms with E-state index in [0.717, 1.165) is 10.5 Å². The quantitative estimate of drug-likeness (QED) is 0.783. The van der Waals surface area contributed by atoms with Crippen molar-refractivity contribution >= 4 is 18.0 Å². The van der Waals surface area contributed by atoms with E-state index in [1.165, 1.54) is 6.08 Å². The zero-order valence-corrected chi connectivity index (χ0v) is 9.09. The molecule has 1 aromatic rings. The third-order valence-electron chi connectivity index (χ3n) is 2.07. The highest BCUT2D eigenvalue weighted by Crippen LogP contribution is 2.02.